The van der Waals surface area contributed by atoms with Gasteiger partial charge in [0.25, 0.3) is 0 Å². The van der Waals surface area contributed by atoms with Gasteiger partial charge in [0.05, 0.1) is 26.4 Å². The Balaban J connectivity index is 0.700. The van der Waals surface area contributed by atoms with Gasteiger partial charge in [-0.1, -0.05) is 102 Å². The van der Waals surface area contributed by atoms with Crippen molar-refractivity contribution in [3.63, 3.8) is 0 Å². The van der Waals surface area contributed by atoms with Gasteiger partial charge in [0, 0.05) is 42.7 Å². The quantitative estimate of drug-likeness (QED) is 0.0215. The molecule has 136 heavy (non-hydrogen) atoms. The third-order valence-corrected chi connectivity index (χ3v) is 19.5. The number of rotatable bonds is 100. The van der Waals surface area contributed by atoms with E-state index in [-0.39, 0.29) is 256 Å². The SMILES string of the molecule is COCCOOCCOOCCOOCCOOCCOOCCOOCCOOCCOOCCOOCCOOCCOCCCC1(CCCOCCOOCCOOCCOOCCOOCCOOCCOOCCOOCCOOCCOOCCOOCCOC)c2cc(Br)ccc2-c2ccc(-c3ccc4c(c3)C(C)(CCCCN)c3cc(-c5ccc(C)cc5)ccc3-4)cc21. The normalized spacial score (nSPS) is 13.7. The van der Waals surface area contributed by atoms with Crippen molar-refractivity contribution < 1.29 is 214 Å². The highest BCUT2D eigenvalue weighted by molar-refractivity contribution is 9.10. The van der Waals surface area contributed by atoms with Crippen molar-refractivity contribution in [2.24, 2.45) is 5.73 Å². The fourth-order valence-electron chi connectivity index (χ4n) is 13.1. The number of hydrogen-bond donors (Lipinski definition) is 1. The molecule has 1 unspecified atom stereocenters. The van der Waals surface area contributed by atoms with Gasteiger partial charge in [-0.3, -0.25) is 0 Å². The molecule has 5 aromatic carbocycles. The first kappa shape index (κ1) is 118. The lowest BCUT2D eigenvalue weighted by Crippen LogP contribution is -2.27. The van der Waals surface area contributed by atoms with E-state index < -0.39 is 5.41 Å². The van der Waals surface area contributed by atoms with Crippen molar-refractivity contribution in [3.8, 4) is 44.5 Å². The molecule has 2 aliphatic rings. The molecule has 1 atom stereocenters. The second-order valence-corrected chi connectivity index (χ2v) is 29.7. The van der Waals surface area contributed by atoms with Crippen molar-refractivity contribution >= 4 is 15.9 Å². The molecule has 0 spiro atoms. The molecule has 2 N–H and O–H groups in total. The van der Waals surface area contributed by atoms with Gasteiger partial charge in [-0.05, 0) is 149 Å². The molecular weight excluding hydrogens is 1880 g/mol. The average molecular weight is 2020 g/mol. The van der Waals surface area contributed by atoms with Crippen molar-refractivity contribution in [2.75, 3.05) is 325 Å². The van der Waals surface area contributed by atoms with Crippen LogP contribution in [0.15, 0.2) is 102 Å². The summed E-state index contributed by atoms with van der Waals surface area (Å²) in [5.41, 5.74) is 21.7. The Hall–Kier alpha value is -5.22. The second-order valence-electron chi connectivity index (χ2n) is 28.8. The third kappa shape index (κ3) is 52.2. The van der Waals surface area contributed by atoms with Crippen LogP contribution in [0.1, 0.15) is 79.7 Å². The number of unbranched alkanes of at least 4 members (excludes halogenated alkanes) is 1. The van der Waals surface area contributed by atoms with Crippen LogP contribution in [0.2, 0.25) is 0 Å². The number of halogens is 1. The number of hydrogen-bond acceptors (Lipinski definition) is 45. The Morgan fingerprint density at radius 1 is 0.213 bits per heavy atom. The van der Waals surface area contributed by atoms with E-state index >= 15 is 0 Å². The lowest BCUT2D eigenvalue weighted by Gasteiger charge is -2.33. The summed E-state index contributed by atoms with van der Waals surface area (Å²) in [5, 5.41) is 0. The lowest BCUT2D eigenvalue weighted by atomic mass is 9.71. The van der Waals surface area contributed by atoms with Gasteiger partial charge in [0.15, 0.2) is 0 Å². The molecule has 45 nitrogen and oxygen atoms in total. The van der Waals surface area contributed by atoms with Gasteiger partial charge < -0.3 is 24.7 Å². The smallest absolute Gasteiger partial charge is 0.109 e. The summed E-state index contributed by atoms with van der Waals surface area (Å²) in [5.74, 6) is 0. The maximum absolute atomic E-state index is 6.21. The van der Waals surface area contributed by atoms with E-state index in [4.69, 9.17) is 220 Å². The van der Waals surface area contributed by atoms with Gasteiger partial charge in [-0.2, -0.15) is 0 Å². The molecule has 0 saturated carbocycles. The molecule has 0 amide bonds. The van der Waals surface area contributed by atoms with Gasteiger partial charge in [0.1, 0.15) is 264 Å². The van der Waals surface area contributed by atoms with E-state index in [0.717, 1.165) is 55.0 Å². The Kier molecular flexibility index (Phi) is 70.3. The molecule has 0 saturated heterocycles. The first-order valence-electron chi connectivity index (χ1n) is 45.4. The largest absolute Gasteiger partial charge is 0.382 e. The monoisotopic (exact) mass is 2020 g/mol. The summed E-state index contributed by atoms with van der Waals surface area (Å²) in [6.45, 7) is 12.8. The number of ether oxygens (including phenoxy) is 4. The van der Waals surface area contributed by atoms with Gasteiger partial charge in [-0.25, -0.2) is 196 Å². The Morgan fingerprint density at radius 3 is 0.669 bits per heavy atom. The molecule has 0 aliphatic heterocycles. The van der Waals surface area contributed by atoms with Crippen molar-refractivity contribution in [1.82, 2.24) is 0 Å². The summed E-state index contributed by atoms with van der Waals surface area (Å²) in [4.78, 5) is 201. The van der Waals surface area contributed by atoms with Crippen LogP contribution in [0.25, 0.3) is 44.5 Å². The summed E-state index contributed by atoms with van der Waals surface area (Å²) < 4.78 is 23.1. The second kappa shape index (κ2) is 81.2. The third-order valence-electron chi connectivity index (χ3n) is 19.0. The highest BCUT2D eigenvalue weighted by Gasteiger charge is 2.44. The van der Waals surface area contributed by atoms with Crippen LogP contribution in [0.3, 0.4) is 0 Å². The highest BCUT2D eigenvalue weighted by Crippen LogP contribution is 2.57. The molecular formula is C90H138BrNO44. The van der Waals surface area contributed by atoms with E-state index in [0.29, 0.717) is 59.4 Å². The van der Waals surface area contributed by atoms with E-state index in [1.54, 1.807) is 14.2 Å². The number of benzene rings is 5. The Bertz CT molecular complexity index is 3560. The first-order valence-corrected chi connectivity index (χ1v) is 46.2. The maximum atomic E-state index is 6.21. The van der Waals surface area contributed by atoms with Crippen LogP contribution < -0.4 is 5.73 Å². The molecule has 5 aromatic rings. The summed E-state index contributed by atoms with van der Waals surface area (Å²) in [6, 6.07) is 36.5. The van der Waals surface area contributed by atoms with E-state index in [1.807, 2.05) is 0 Å². The molecule has 0 aromatic heterocycles. The summed E-state index contributed by atoms with van der Waals surface area (Å²) in [7, 11) is 3.13. The van der Waals surface area contributed by atoms with Crippen molar-refractivity contribution in [2.45, 2.75) is 69.6 Å². The van der Waals surface area contributed by atoms with Crippen LogP contribution in [0.5, 0.6) is 0 Å². The topological polar surface area (TPSA) is 432 Å². The zero-order chi connectivity index (χ0) is 95.7. The number of aryl methyl sites for hydroxylation is 1. The number of methoxy groups -OCH3 is 2. The lowest BCUT2D eigenvalue weighted by molar-refractivity contribution is -0.379. The van der Waals surface area contributed by atoms with Crippen LogP contribution in [-0.4, -0.2) is 325 Å². The maximum Gasteiger partial charge on any atom is 0.109 e. The number of nitrogens with two attached hydrogens (primary N) is 1. The average Bonchev–Trinajstić information content (AvgIpc) is 1.54. The molecule has 0 heterocycles. The minimum absolute atomic E-state index is 0.0875. The van der Waals surface area contributed by atoms with E-state index in [1.165, 1.54) is 66.8 Å². The van der Waals surface area contributed by atoms with Gasteiger partial charge in [-0.15, -0.1) is 0 Å². The van der Waals surface area contributed by atoms with Gasteiger partial charge in [0.2, 0.25) is 0 Å². The van der Waals surface area contributed by atoms with Crippen molar-refractivity contribution in [3.05, 3.63) is 129 Å². The summed E-state index contributed by atoms with van der Waals surface area (Å²) >= 11 is 3.86. The predicted octanol–water partition coefficient (Wildman–Crippen LogP) is 10.6. The fourth-order valence-corrected chi connectivity index (χ4v) is 13.4. The number of fused-ring (bicyclic) bond motifs is 6. The zero-order valence-corrected chi connectivity index (χ0v) is 79.9. The molecule has 0 radical (unpaired) electrons. The first-order chi connectivity index (χ1) is 67.3. The molecule has 46 heteroatoms. The predicted molar refractivity (Wildman–Crippen MR) is 473 cm³/mol. The minimum Gasteiger partial charge on any atom is -0.382 e. The molecule has 774 valence electrons. The van der Waals surface area contributed by atoms with Crippen LogP contribution in [-0.2, 0) is 225 Å². The standard InChI is InChI=1S/C90H138BrNO44/c1-75-9-11-76(12-10-75)77-13-17-81-82-18-14-78(72-86(82)89(2,85(81)71-77)21-5-6-24-92)79-15-19-83-84-20-16-80(91)74-88(84)90(87(83)73-79,22-7-25-95-29-33-99-103-37-41-107-111-45-49-115-119-53-57-123-127-61-65-131-135-69-67-133-129-63-59-125-121-55-51-117-113-47-43-109-105-39-35-101-97-31-27-93-3)23-8-26-96-30-34-100-104-38-42-108-112-46-50-116-120-54-58-124-128-62-66-132-136-70-68-134-130-64-60-126-122-56-52-118-114-48-44-110-106-40-36-102-98-32-28-94-4/h9-20,71-74H,5-8,21-70,92H2,1-4H3. The zero-order valence-electron chi connectivity index (χ0n) is 78.3. The minimum atomic E-state index is -0.398. The van der Waals surface area contributed by atoms with Crippen molar-refractivity contribution in [1.29, 1.82) is 0 Å². The molecule has 2 aliphatic carbocycles. The molecule has 0 bridgehead atoms. The molecule has 0 fully saturated rings. The van der Waals surface area contributed by atoms with Gasteiger partial charge >= 0.3 is 0 Å². The van der Waals surface area contributed by atoms with E-state index in [2.05, 4.69) is 127 Å². The van der Waals surface area contributed by atoms with Crippen LogP contribution >= 0.6 is 15.9 Å². The van der Waals surface area contributed by atoms with Crippen LogP contribution in [0.4, 0.5) is 0 Å². The Labute approximate surface area is 800 Å². The summed E-state index contributed by atoms with van der Waals surface area (Å²) in [6.07, 6.45) is 6.04. The van der Waals surface area contributed by atoms with E-state index in [9.17, 15) is 0 Å². The molecule has 7 rings (SSSR count). The fraction of sp³-hybridized carbons (Fsp3) is 0.667. The highest BCUT2D eigenvalue weighted by atomic mass is 79.9. The Morgan fingerprint density at radius 2 is 0.419 bits per heavy atom. The van der Waals surface area contributed by atoms with Crippen LogP contribution in [0, 0.1) is 6.92 Å².